The highest BCUT2D eigenvalue weighted by Crippen LogP contribution is 2.17. The molecule has 0 aromatic heterocycles. The summed E-state index contributed by atoms with van der Waals surface area (Å²) >= 11 is 0. The summed E-state index contributed by atoms with van der Waals surface area (Å²) in [5, 5.41) is 3.20. The van der Waals surface area contributed by atoms with Gasteiger partial charge in [0.05, 0.1) is 0 Å². The number of benzene rings is 1. The highest BCUT2D eigenvalue weighted by Gasteiger charge is 2.23. The molecule has 1 amide bonds. The van der Waals surface area contributed by atoms with Crippen LogP contribution in [0.2, 0.25) is 0 Å². The number of hydrogen-bond donors (Lipinski definition) is 1. The van der Waals surface area contributed by atoms with Crippen LogP contribution in [0.25, 0.3) is 0 Å². The van der Waals surface area contributed by atoms with Crippen LogP contribution < -0.4 is 5.32 Å². The first kappa shape index (κ1) is 12.1. The lowest BCUT2D eigenvalue weighted by atomic mass is 9.97. The molecule has 1 atom stereocenters. The molecule has 17 heavy (non-hydrogen) atoms. The lowest BCUT2D eigenvalue weighted by Crippen LogP contribution is -2.42. The van der Waals surface area contributed by atoms with Gasteiger partial charge in [0.25, 0.3) is 5.91 Å². The highest BCUT2D eigenvalue weighted by molar-refractivity contribution is 5.94. The van der Waals surface area contributed by atoms with Crippen molar-refractivity contribution < 1.29 is 4.79 Å². The maximum Gasteiger partial charge on any atom is 0.253 e. The third-order valence-corrected chi connectivity index (χ3v) is 3.32. The fourth-order valence-corrected chi connectivity index (χ4v) is 2.47. The largest absolute Gasteiger partial charge is 0.338 e. The molecular weight excluding hydrogens is 212 g/mol. The van der Waals surface area contributed by atoms with Gasteiger partial charge >= 0.3 is 0 Å². The van der Waals surface area contributed by atoms with Crippen LogP contribution in [0.4, 0.5) is 0 Å². The SMILES string of the molecule is CNCC1CCCN(C(=O)c2ccccc2)C1. The number of carbonyl (C=O) groups is 1. The number of nitrogens with zero attached hydrogens (tertiary/aromatic N) is 1. The first-order valence-electron chi connectivity index (χ1n) is 6.30. The van der Waals surface area contributed by atoms with E-state index in [4.69, 9.17) is 0 Å². The number of hydrogen-bond acceptors (Lipinski definition) is 2. The van der Waals surface area contributed by atoms with Crippen LogP contribution in [0.3, 0.4) is 0 Å². The van der Waals surface area contributed by atoms with Crippen molar-refractivity contribution in [2.75, 3.05) is 26.7 Å². The number of piperidine rings is 1. The van der Waals surface area contributed by atoms with Crippen LogP contribution >= 0.6 is 0 Å². The molecule has 1 aliphatic rings. The predicted molar refractivity (Wildman–Crippen MR) is 69.0 cm³/mol. The van der Waals surface area contributed by atoms with Gasteiger partial charge in [-0.05, 0) is 44.5 Å². The summed E-state index contributed by atoms with van der Waals surface area (Å²) in [5.41, 5.74) is 0.803. The molecule has 1 unspecified atom stereocenters. The quantitative estimate of drug-likeness (QED) is 0.861. The normalized spacial score (nSPS) is 20.3. The predicted octanol–water partition coefficient (Wildman–Crippen LogP) is 1.76. The molecule has 1 aliphatic heterocycles. The summed E-state index contributed by atoms with van der Waals surface area (Å²) < 4.78 is 0. The van der Waals surface area contributed by atoms with Gasteiger partial charge in [-0.1, -0.05) is 18.2 Å². The van der Waals surface area contributed by atoms with E-state index >= 15 is 0 Å². The molecule has 1 aromatic rings. The molecule has 0 radical (unpaired) electrons. The second-order valence-electron chi connectivity index (χ2n) is 4.68. The molecule has 1 N–H and O–H groups in total. The van der Waals surface area contributed by atoms with Crippen LogP contribution in [0.1, 0.15) is 23.2 Å². The van der Waals surface area contributed by atoms with Crippen LogP contribution in [0.15, 0.2) is 30.3 Å². The molecule has 0 bridgehead atoms. The maximum atomic E-state index is 12.3. The summed E-state index contributed by atoms with van der Waals surface area (Å²) in [4.78, 5) is 14.2. The van der Waals surface area contributed by atoms with Gasteiger partial charge < -0.3 is 10.2 Å². The lowest BCUT2D eigenvalue weighted by molar-refractivity contribution is 0.0674. The number of amides is 1. The maximum absolute atomic E-state index is 12.3. The van der Waals surface area contributed by atoms with Crippen molar-refractivity contribution >= 4 is 5.91 Å². The van der Waals surface area contributed by atoms with Gasteiger partial charge in [-0.3, -0.25) is 4.79 Å². The third kappa shape index (κ3) is 3.07. The molecule has 92 valence electrons. The molecular formula is C14H20N2O. The molecule has 3 nitrogen and oxygen atoms in total. The molecule has 1 heterocycles. The third-order valence-electron chi connectivity index (χ3n) is 3.32. The first-order chi connectivity index (χ1) is 8.31. The van der Waals surface area contributed by atoms with E-state index in [-0.39, 0.29) is 5.91 Å². The minimum Gasteiger partial charge on any atom is -0.338 e. The van der Waals surface area contributed by atoms with E-state index in [1.54, 1.807) is 0 Å². The van der Waals surface area contributed by atoms with Gasteiger partial charge in [-0.15, -0.1) is 0 Å². The zero-order valence-electron chi connectivity index (χ0n) is 10.4. The first-order valence-corrected chi connectivity index (χ1v) is 6.30. The van der Waals surface area contributed by atoms with Crippen molar-refractivity contribution in [1.82, 2.24) is 10.2 Å². The highest BCUT2D eigenvalue weighted by atomic mass is 16.2. The number of likely N-dealkylation sites (tertiary alicyclic amines) is 1. The van der Waals surface area contributed by atoms with Crippen LogP contribution in [0, 0.1) is 5.92 Å². The second-order valence-corrected chi connectivity index (χ2v) is 4.68. The van der Waals surface area contributed by atoms with Crippen LogP contribution in [-0.4, -0.2) is 37.5 Å². The Bertz CT molecular complexity index is 362. The zero-order chi connectivity index (χ0) is 12.1. The van der Waals surface area contributed by atoms with E-state index < -0.39 is 0 Å². The van der Waals surface area contributed by atoms with Gasteiger partial charge in [0.2, 0.25) is 0 Å². The molecule has 0 spiro atoms. The molecule has 0 aliphatic carbocycles. The van der Waals surface area contributed by atoms with E-state index in [0.717, 1.165) is 31.6 Å². The van der Waals surface area contributed by atoms with Gasteiger partial charge in [-0.2, -0.15) is 0 Å². The summed E-state index contributed by atoms with van der Waals surface area (Å²) in [5.74, 6) is 0.771. The molecule has 2 rings (SSSR count). The van der Waals surface area contributed by atoms with Gasteiger partial charge in [0, 0.05) is 18.7 Å². The Kier molecular flexibility index (Phi) is 4.15. The van der Waals surface area contributed by atoms with Gasteiger partial charge in [0.15, 0.2) is 0 Å². The molecule has 3 heteroatoms. The minimum absolute atomic E-state index is 0.173. The van der Waals surface area contributed by atoms with E-state index in [2.05, 4.69) is 5.32 Å². The minimum atomic E-state index is 0.173. The summed E-state index contributed by atoms with van der Waals surface area (Å²) in [7, 11) is 1.97. The number of carbonyl (C=O) groups excluding carboxylic acids is 1. The van der Waals surface area contributed by atoms with Gasteiger partial charge in [-0.25, -0.2) is 0 Å². The van der Waals surface area contributed by atoms with E-state index in [1.807, 2.05) is 42.3 Å². The van der Waals surface area contributed by atoms with E-state index in [0.29, 0.717) is 5.92 Å². The summed E-state index contributed by atoms with van der Waals surface area (Å²) in [6.45, 7) is 2.78. The molecule has 0 saturated carbocycles. The Morgan fingerprint density at radius 2 is 2.18 bits per heavy atom. The Morgan fingerprint density at radius 3 is 2.88 bits per heavy atom. The van der Waals surface area contributed by atoms with E-state index in [1.165, 1.54) is 6.42 Å². The fraction of sp³-hybridized carbons (Fsp3) is 0.500. The van der Waals surface area contributed by atoms with Crippen molar-refractivity contribution in [3.63, 3.8) is 0 Å². The average Bonchev–Trinajstić information content (AvgIpc) is 2.40. The Hall–Kier alpha value is -1.35. The molecule has 1 saturated heterocycles. The monoisotopic (exact) mass is 232 g/mol. The summed E-state index contributed by atoms with van der Waals surface area (Å²) in [6.07, 6.45) is 2.34. The van der Waals surface area contributed by atoms with Crippen molar-refractivity contribution in [2.45, 2.75) is 12.8 Å². The topological polar surface area (TPSA) is 32.3 Å². The van der Waals surface area contributed by atoms with Gasteiger partial charge in [0.1, 0.15) is 0 Å². The number of rotatable bonds is 3. The van der Waals surface area contributed by atoms with Crippen LogP contribution in [0.5, 0.6) is 0 Å². The second kappa shape index (κ2) is 5.82. The summed E-state index contributed by atoms with van der Waals surface area (Å²) in [6, 6.07) is 9.56. The Labute approximate surface area is 103 Å². The van der Waals surface area contributed by atoms with Crippen molar-refractivity contribution in [1.29, 1.82) is 0 Å². The molecule has 1 aromatic carbocycles. The Balaban J connectivity index is 2.00. The van der Waals surface area contributed by atoms with Crippen molar-refractivity contribution in [3.05, 3.63) is 35.9 Å². The zero-order valence-corrected chi connectivity index (χ0v) is 10.4. The van der Waals surface area contributed by atoms with Crippen molar-refractivity contribution in [2.24, 2.45) is 5.92 Å². The lowest BCUT2D eigenvalue weighted by Gasteiger charge is -2.32. The standard InChI is InChI=1S/C14H20N2O/c1-15-10-12-6-5-9-16(11-12)14(17)13-7-3-2-4-8-13/h2-4,7-8,12,15H,5-6,9-11H2,1H3. The average molecular weight is 232 g/mol. The van der Waals surface area contributed by atoms with E-state index in [9.17, 15) is 4.79 Å². The number of nitrogens with one attached hydrogen (secondary N) is 1. The fourth-order valence-electron chi connectivity index (χ4n) is 2.47. The Morgan fingerprint density at radius 1 is 1.41 bits per heavy atom. The van der Waals surface area contributed by atoms with Crippen LogP contribution in [-0.2, 0) is 0 Å². The smallest absolute Gasteiger partial charge is 0.253 e. The van der Waals surface area contributed by atoms with Crippen molar-refractivity contribution in [3.8, 4) is 0 Å². The molecule has 1 fully saturated rings.